The lowest BCUT2D eigenvalue weighted by Crippen LogP contribution is -2.32. The molecular formula is C72H54N4. The van der Waals surface area contributed by atoms with Crippen molar-refractivity contribution in [3.8, 4) is 33.6 Å². The molecule has 2 aliphatic heterocycles. The van der Waals surface area contributed by atoms with Gasteiger partial charge in [0.15, 0.2) is 0 Å². The van der Waals surface area contributed by atoms with Crippen molar-refractivity contribution in [2.45, 2.75) is 37.3 Å². The van der Waals surface area contributed by atoms with E-state index in [9.17, 15) is 0 Å². The minimum atomic E-state index is 0.206. The zero-order valence-corrected chi connectivity index (χ0v) is 42.1. The maximum Gasteiger partial charge on any atom is 0.0626 e. The minimum Gasteiger partial charge on any atom is -0.334 e. The summed E-state index contributed by atoms with van der Waals surface area (Å²) in [5.41, 5.74) is 21.7. The molecule has 0 saturated heterocycles. The van der Waals surface area contributed by atoms with E-state index >= 15 is 0 Å². The molecule has 4 unspecified atom stereocenters. The van der Waals surface area contributed by atoms with Gasteiger partial charge in [-0.1, -0.05) is 176 Å². The summed E-state index contributed by atoms with van der Waals surface area (Å²) in [5, 5.41) is 5.09. The number of rotatable bonds is 7. The SMILES string of the molecule is C1=CC2C3=C(C=CCC3)N(c3ccc(-c4ccc(N5C6=C(C(c7ccc8c9ccccc9n(-c9cccc(-c%10cccc(-n%11c%12ccccc%12c%12ccccc%12%11)c%10)c9)c8c7)CC=C6)[C@@H]6C=CC=CC65)cc4)cc3)C2C=C1. The first-order chi connectivity index (χ1) is 37.7. The van der Waals surface area contributed by atoms with Gasteiger partial charge in [-0.05, 0) is 143 Å². The predicted octanol–water partition coefficient (Wildman–Crippen LogP) is 17.7. The molecule has 362 valence electrons. The number of anilines is 2. The van der Waals surface area contributed by atoms with Crippen molar-refractivity contribution in [2.75, 3.05) is 9.80 Å². The second kappa shape index (κ2) is 17.2. The maximum absolute atomic E-state index is 2.60. The van der Waals surface area contributed by atoms with Gasteiger partial charge >= 0.3 is 0 Å². The quantitative estimate of drug-likeness (QED) is 0.158. The van der Waals surface area contributed by atoms with Crippen LogP contribution in [0.5, 0.6) is 0 Å². The van der Waals surface area contributed by atoms with Crippen molar-refractivity contribution < 1.29 is 0 Å². The van der Waals surface area contributed by atoms with Crippen LogP contribution in [0.4, 0.5) is 11.4 Å². The molecule has 4 nitrogen and oxygen atoms in total. The van der Waals surface area contributed by atoms with Crippen LogP contribution in [0.1, 0.15) is 30.7 Å². The Morgan fingerprint density at radius 2 is 0.882 bits per heavy atom. The molecule has 2 aromatic heterocycles. The summed E-state index contributed by atoms with van der Waals surface area (Å²) in [4.78, 5) is 5.16. The Morgan fingerprint density at radius 1 is 0.368 bits per heavy atom. The van der Waals surface area contributed by atoms with Crippen LogP contribution in [0.15, 0.2) is 284 Å². The molecule has 0 fully saturated rings. The maximum atomic E-state index is 2.60. The zero-order chi connectivity index (χ0) is 49.8. The Labute approximate surface area is 443 Å². The van der Waals surface area contributed by atoms with Gasteiger partial charge in [0, 0.05) is 73.4 Å². The van der Waals surface area contributed by atoms with Crippen molar-refractivity contribution in [3.63, 3.8) is 0 Å². The molecule has 0 saturated carbocycles. The number of aromatic nitrogens is 2. The highest BCUT2D eigenvalue weighted by Crippen LogP contribution is 2.51. The molecule has 10 aromatic rings. The third-order valence-electron chi connectivity index (χ3n) is 17.4. The van der Waals surface area contributed by atoms with Gasteiger partial charge in [0.2, 0.25) is 0 Å². The van der Waals surface area contributed by atoms with Crippen molar-refractivity contribution in [1.82, 2.24) is 9.13 Å². The fourth-order valence-electron chi connectivity index (χ4n) is 14.1. The summed E-state index contributed by atoms with van der Waals surface area (Å²) in [6.07, 6.45) is 31.3. The lowest BCUT2D eigenvalue weighted by molar-refractivity contribution is 0.628. The average molecular weight is 975 g/mol. The average Bonchev–Trinajstić information content (AvgIpc) is 4.26. The van der Waals surface area contributed by atoms with E-state index in [1.165, 1.54) is 99.8 Å². The number of benzene rings is 8. The van der Waals surface area contributed by atoms with Crippen LogP contribution < -0.4 is 9.80 Å². The van der Waals surface area contributed by atoms with Gasteiger partial charge in [0.1, 0.15) is 0 Å². The Bertz CT molecular complexity index is 4240. The normalized spacial score (nSPS) is 21.2. The number of fused-ring (bicyclic) bond motifs is 10. The van der Waals surface area contributed by atoms with Crippen LogP contribution in [0.25, 0.3) is 77.2 Å². The second-order valence-corrected chi connectivity index (χ2v) is 21.4. The molecule has 4 heteroatoms. The molecule has 4 heterocycles. The number of nitrogens with zero attached hydrogens (tertiary/aromatic N) is 4. The Kier molecular flexibility index (Phi) is 9.81. The molecular weight excluding hydrogens is 921 g/mol. The number of para-hydroxylation sites is 3. The topological polar surface area (TPSA) is 16.3 Å². The van der Waals surface area contributed by atoms with E-state index in [1.54, 1.807) is 5.57 Å². The summed E-state index contributed by atoms with van der Waals surface area (Å²) in [7, 11) is 0. The Balaban J connectivity index is 0.735. The van der Waals surface area contributed by atoms with Crippen LogP contribution in [-0.2, 0) is 0 Å². The standard InChI is InChI=1S/C72H54N4/c1-7-27-64-57(20-1)58-21-2-8-28-65(58)73(64)52-39-34-47(35-40-52)48-36-41-53(42-37-48)74-69-32-12-6-25-63(69)72-56(26-15-33-70(72)74)51-38-43-62-61-24-5-11-31-68(61)76(71(62)46-51)55-19-14-17-50(45-55)49-16-13-18-54(44-49)75-66-29-9-3-22-59(66)60-23-4-10-30-67(60)75/h1,3-20,22-25,27-46,56-57,63-64,69H,2,21,26H2/t56?,57?,63-,64?,69?/m1/s1. The number of hydrogen-bond donors (Lipinski definition) is 0. The highest BCUT2D eigenvalue weighted by atomic mass is 15.2. The van der Waals surface area contributed by atoms with Crippen LogP contribution in [0, 0.1) is 11.8 Å². The number of hydrogen-bond acceptors (Lipinski definition) is 2. The van der Waals surface area contributed by atoms with Gasteiger partial charge in [-0.25, -0.2) is 0 Å². The van der Waals surface area contributed by atoms with Gasteiger partial charge in [-0.3, -0.25) is 0 Å². The Hall–Kier alpha value is -9.12. The van der Waals surface area contributed by atoms with E-state index in [0.29, 0.717) is 12.0 Å². The molecule has 0 N–H and O–H groups in total. The van der Waals surface area contributed by atoms with Gasteiger partial charge in [0.05, 0.1) is 34.2 Å². The first-order valence-corrected chi connectivity index (χ1v) is 27.2. The molecule has 76 heavy (non-hydrogen) atoms. The lowest BCUT2D eigenvalue weighted by atomic mass is 9.77. The van der Waals surface area contributed by atoms with Gasteiger partial charge in [-0.15, -0.1) is 0 Å². The van der Waals surface area contributed by atoms with E-state index in [0.717, 1.165) is 30.6 Å². The van der Waals surface area contributed by atoms with Gasteiger partial charge in [0.25, 0.3) is 0 Å². The van der Waals surface area contributed by atoms with Crippen LogP contribution in [-0.4, -0.2) is 21.2 Å². The summed E-state index contributed by atoms with van der Waals surface area (Å²) >= 11 is 0. The van der Waals surface area contributed by atoms with Crippen LogP contribution in [0.3, 0.4) is 0 Å². The van der Waals surface area contributed by atoms with Crippen molar-refractivity contribution >= 4 is 55.0 Å². The smallest absolute Gasteiger partial charge is 0.0626 e. The highest BCUT2D eigenvalue weighted by molar-refractivity contribution is 6.10. The predicted molar refractivity (Wildman–Crippen MR) is 317 cm³/mol. The minimum absolute atomic E-state index is 0.206. The largest absolute Gasteiger partial charge is 0.334 e. The third-order valence-corrected chi connectivity index (χ3v) is 17.4. The summed E-state index contributed by atoms with van der Waals surface area (Å²) in [6, 6.07) is 71.0. The van der Waals surface area contributed by atoms with E-state index in [1.807, 2.05) is 0 Å². The summed E-state index contributed by atoms with van der Waals surface area (Å²) in [6.45, 7) is 0. The second-order valence-electron chi connectivity index (χ2n) is 21.4. The molecule has 6 aliphatic rings. The summed E-state index contributed by atoms with van der Waals surface area (Å²) in [5.74, 6) is 0.968. The molecule has 0 amide bonds. The van der Waals surface area contributed by atoms with Gasteiger partial charge in [-0.2, -0.15) is 0 Å². The van der Waals surface area contributed by atoms with E-state index in [2.05, 4.69) is 280 Å². The first-order valence-electron chi connectivity index (χ1n) is 27.2. The fourth-order valence-corrected chi connectivity index (χ4v) is 14.1. The zero-order valence-electron chi connectivity index (χ0n) is 42.1. The molecule has 16 rings (SSSR count). The molecule has 5 atom stereocenters. The van der Waals surface area contributed by atoms with Gasteiger partial charge < -0.3 is 18.9 Å². The first kappa shape index (κ1) is 43.3. The Morgan fingerprint density at radius 3 is 1.50 bits per heavy atom. The molecule has 0 bridgehead atoms. The molecule has 0 spiro atoms. The van der Waals surface area contributed by atoms with Crippen molar-refractivity contribution in [2.24, 2.45) is 11.8 Å². The van der Waals surface area contributed by atoms with Crippen LogP contribution in [0.2, 0.25) is 0 Å². The van der Waals surface area contributed by atoms with E-state index < -0.39 is 0 Å². The van der Waals surface area contributed by atoms with E-state index in [-0.39, 0.29) is 17.9 Å². The van der Waals surface area contributed by atoms with Crippen molar-refractivity contribution in [3.05, 3.63) is 289 Å². The molecule has 4 aliphatic carbocycles. The summed E-state index contributed by atoms with van der Waals surface area (Å²) < 4.78 is 4.91. The monoisotopic (exact) mass is 974 g/mol. The number of allylic oxidation sites excluding steroid dienone is 8. The fraction of sp³-hybridized carbons (Fsp3) is 0.111. The third kappa shape index (κ3) is 6.63. The van der Waals surface area contributed by atoms with Crippen LogP contribution >= 0.6 is 0 Å². The lowest BCUT2D eigenvalue weighted by Gasteiger charge is -2.30. The highest BCUT2D eigenvalue weighted by Gasteiger charge is 2.43. The van der Waals surface area contributed by atoms with E-state index in [4.69, 9.17) is 0 Å². The molecule has 0 radical (unpaired) electrons. The molecule has 8 aromatic carbocycles. The van der Waals surface area contributed by atoms with Crippen molar-refractivity contribution in [1.29, 1.82) is 0 Å².